The van der Waals surface area contributed by atoms with E-state index >= 15 is 0 Å². The van der Waals surface area contributed by atoms with Crippen molar-refractivity contribution >= 4 is 0 Å². The molecule has 0 N–H and O–H groups in total. The summed E-state index contributed by atoms with van der Waals surface area (Å²) in [5.41, 5.74) is 0. The molecule has 0 aliphatic heterocycles. The molecular formula is C24H44BrNO. The Labute approximate surface area is 179 Å². The third-order valence-electron chi connectivity index (χ3n) is 5.12. The molecule has 1 heterocycles. The number of hydrogen-bond acceptors (Lipinski definition) is 1. The fraction of sp³-hybridized carbons (Fsp3) is 0.792. The van der Waals surface area contributed by atoms with Crippen LogP contribution in [0.25, 0.3) is 0 Å². The molecule has 0 saturated carbocycles. The third-order valence-corrected chi connectivity index (χ3v) is 5.12. The minimum absolute atomic E-state index is 0. The Morgan fingerprint density at radius 2 is 1.00 bits per heavy atom. The Morgan fingerprint density at radius 1 is 0.556 bits per heavy atom. The molecule has 2 nitrogen and oxygen atoms in total. The van der Waals surface area contributed by atoms with Crippen LogP contribution in [0.1, 0.15) is 103 Å². The van der Waals surface area contributed by atoms with Crippen molar-refractivity contribution in [3.8, 4) is 0 Å². The zero-order chi connectivity index (χ0) is 18.5. The van der Waals surface area contributed by atoms with Gasteiger partial charge in [-0.05, 0) is 6.42 Å². The van der Waals surface area contributed by atoms with Gasteiger partial charge in [0.2, 0.25) is 0 Å². The Balaban J connectivity index is 0.00000676. The highest BCUT2D eigenvalue weighted by atomic mass is 79.9. The molecular weight excluding hydrogens is 398 g/mol. The molecule has 158 valence electrons. The van der Waals surface area contributed by atoms with Crippen LogP contribution in [0.2, 0.25) is 0 Å². The van der Waals surface area contributed by atoms with Gasteiger partial charge in [0.1, 0.15) is 0 Å². The summed E-state index contributed by atoms with van der Waals surface area (Å²) >= 11 is 0. The van der Waals surface area contributed by atoms with Gasteiger partial charge < -0.3 is 21.7 Å². The fourth-order valence-electron chi connectivity index (χ4n) is 3.43. The van der Waals surface area contributed by atoms with E-state index in [0.717, 1.165) is 26.2 Å². The lowest BCUT2D eigenvalue weighted by molar-refractivity contribution is -0.697. The average Bonchev–Trinajstić information content (AvgIpc) is 2.68. The van der Waals surface area contributed by atoms with Crippen LogP contribution in [0, 0.1) is 0 Å². The zero-order valence-electron chi connectivity index (χ0n) is 17.8. The van der Waals surface area contributed by atoms with Crippen molar-refractivity contribution in [2.45, 2.75) is 110 Å². The van der Waals surface area contributed by atoms with Crippen molar-refractivity contribution in [2.24, 2.45) is 0 Å². The molecule has 0 aliphatic carbocycles. The van der Waals surface area contributed by atoms with Gasteiger partial charge in [-0.3, -0.25) is 0 Å². The van der Waals surface area contributed by atoms with Crippen LogP contribution >= 0.6 is 0 Å². The molecule has 1 aromatic rings. The molecule has 0 aromatic carbocycles. The SMILES string of the molecule is CCCCCCCCCCCCCCCCOCCC[n+]1ccccc1.[Br-]. The van der Waals surface area contributed by atoms with Gasteiger partial charge in [0.25, 0.3) is 0 Å². The normalized spacial score (nSPS) is 10.7. The Morgan fingerprint density at radius 3 is 1.52 bits per heavy atom. The van der Waals surface area contributed by atoms with Crippen molar-refractivity contribution in [3.63, 3.8) is 0 Å². The molecule has 0 aliphatic rings. The Hall–Kier alpha value is -0.410. The van der Waals surface area contributed by atoms with Crippen LogP contribution in [-0.2, 0) is 11.3 Å². The smallest absolute Gasteiger partial charge is 0.168 e. The Bertz CT molecular complexity index is 385. The van der Waals surface area contributed by atoms with Crippen LogP contribution in [0.3, 0.4) is 0 Å². The van der Waals surface area contributed by atoms with Crippen molar-refractivity contribution in [3.05, 3.63) is 30.6 Å². The predicted octanol–water partition coefficient (Wildman–Crippen LogP) is 3.87. The van der Waals surface area contributed by atoms with E-state index in [1.807, 2.05) is 0 Å². The van der Waals surface area contributed by atoms with Gasteiger partial charge in [0, 0.05) is 25.2 Å². The second kappa shape index (κ2) is 21.9. The molecule has 0 bridgehead atoms. The van der Waals surface area contributed by atoms with E-state index in [1.165, 1.54) is 89.9 Å². The number of aryl methyl sites for hydroxylation is 1. The lowest BCUT2D eigenvalue weighted by Crippen LogP contribution is -3.00. The summed E-state index contributed by atoms with van der Waals surface area (Å²) < 4.78 is 7.97. The average molecular weight is 443 g/mol. The number of pyridine rings is 1. The number of aromatic nitrogens is 1. The summed E-state index contributed by atoms with van der Waals surface area (Å²) in [7, 11) is 0. The number of ether oxygens (including phenoxy) is 1. The van der Waals surface area contributed by atoms with Crippen LogP contribution in [0.5, 0.6) is 0 Å². The second-order valence-corrected chi connectivity index (χ2v) is 7.68. The molecule has 0 saturated heterocycles. The van der Waals surface area contributed by atoms with Gasteiger partial charge in [-0.2, -0.15) is 0 Å². The van der Waals surface area contributed by atoms with Crippen LogP contribution in [0.15, 0.2) is 30.6 Å². The molecule has 0 fully saturated rings. The van der Waals surface area contributed by atoms with E-state index in [-0.39, 0.29) is 17.0 Å². The minimum Gasteiger partial charge on any atom is -1.00 e. The third kappa shape index (κ3) is 18.7. The van der Waals surface area contributed by atoms with E-state index in [4.69, 9.17) is 4.74 Å². The highest BCUT2D eigenvalue weighted by Crippen LogP contribution is 2.12. The van der Waals surface area contributed by atoms with E-state index in [2.05, 4.69) is 42.1 Å². The summed E-state index contributed by atoms with van der Waals surface area (Å²) in [6.07, 6.45) is 25.1. The summed E-state index contributed by atoms with van der Waals surface area (Å²) in [6, 6.07) is 6.22. The predicted molar refractivity (Wildman–Crippen MR) is 112 cm³/mol. The topological polar surface area (TPSA) is 13.1 Å². The maximum Gasteiger partial charge on any atom is 0.168 e. The lowest BCUT2D eigenvalue weighted by atomic mass is 10.0. The molecule has 27 heavy (non-hydrogen) atoms. The zero-order valence-corrected chi connectivity index (χ0v) is 19.4. The van der Waals surface area contributed by atoms with Gasteiger partial charge >= 0.3 is 0 Å². The van der Waals surface area contributed by atoms with Crippen LogP contribution in [0.4, 0.5) is 0 Å². The standard InChI is InChI=1S/C24H44NO.BrH/c1-2-3-4-5-6-7-8-9-10-11-12-13-14-18-23-26-24-19-22-25-20-16-15-17-21-25;/h15-17,20-21H,2-14,18-19,22-24H2,1H3;1H/q+1;/p-1. The number of rotatable bonds is 19. The first kappa shape index (κ1) is 26.6. The molecule has 1 aromatic heterocycles. The van der Waals surface area contributed by atoms with Crippen molar-refractivity contribution in [1.29, 1.82) is 0 Å². The molecule has 0 radical (unpaired) electrons. The van der Waals surface area contributed by atoms with E-state index in [0.29, 0.717) is 0 Å². The van der Waals surface area contributed by atoms with Crippen LogP contribution in [-0.4, -0.2) is 13.2 Å². The van der Waals surface area contributed by atoms with E-state index < -0.39 is 0 Å². The molecule has 3 heteroatoms. The van der Waals surface area contributed by atoms with Gasteiger partial charge in [-0.25, -0.2) is 4.57 Å². The number of unbranched alkanes of at least 4 members (excludes halogenated alkanes) is 13. The maximum atomic E-state index is 5.75. The quantitative estimate of drug-likeness (QED) is 0.234. The van der Waals surface area contributed by atoms with E-state index in [9.17, 15) is 0 Å². The largest absolute Gasteiger partial charge is 1.00 e. The molecule has 1 rings (SSSR count). The Kier molecular flexibility index (Phi) is 21.6. The fourth-order valence-corrected chi connectivity index (χ4v) is 3.43. The number of nitrogens with zero attached hydrogens (tertiary/aromatic N) is 1. The van der Waals surface area contributed by atoms with E-state index in [1.54, 1.807) is 0 Å². The van der Waals surface area contributed by atoms with Gasteiger partial charge in [-0.15, -0.1) is 0 Å². The summed E-state index contributed by atoms with van der Waals surface area (Å²) in [5.74, 6) is 0. The molecule has 0 atom stereocenters. The number of hydrogen-bond donors (Lipinski definition) is 0. The minimum atomic E-state index is 0. The van der Waals surface area contributed by atoms with Gasteiger partial charge in [0.15, 0.2) is 18.9 Å². The van der Waals surface area contributed by atoms with Gasteiger partial charge in [-0.1, -0.05) is 96.5 Å². The van der Waals surface area contributed by atoms with Gasteiger partial charge in [0.05, 0.1) is 6.61 Å². The summed E-state index contributed by atoms with van der Waals surface area (Å²) in [5, 5.41) is 0. The highest BCUT2D eigenvalue weighted by molar-refractivity contribution is 4.83. The first-order valence-electron chi connectivity index (χ1n) is 11.5. The molecule has 0 unspecified atom stereocenters. The highest BCUT2D eigenvalue weighted by Gasteiger charge is 1.98. The monoisotopic (exact) mass is 441 g/mol. The molecule has 0 spiro atoms. The van der Waals surface area contributed by atoms with Crippen molar-refractivity contribution in [1.82, 2.24) is 0 Å². The first-order valence-corrected chi connectivity index (χ1v) is 11.5. The van der Waals surface area contributed by atoms with Crippen molar-refractivity contribution < 1.29 is 26.3 Å². The summed E-state index contributed by atoms with van der Waals surface area (Å²) in [4.78, 5) is 0. The summed E-state index contributed by atoms with van der Waals surface area (Å²) in [6.45, 7) is 5.18. The second-order valence-electron chi connectivity index (χ2n) is 7.68. The lowest BCUT2D eigenvalue weighted by Gasteiger charge is -2.04. The van der Waals surface area contributed by atoms with Crippen LogP contribution < -0.4 is 21.5 Å². The number of halogens is 1. The maximum absolute atomic E-state index is 5.75. The molecule has 0 amide bonds. The van der Waals surface area contributed by atoms with Crippen molar-refractivity contribution in [2.75, 3.05) is 13.2 Å². The first-order chi connectivity index (χ1) is 12.9.